The van der Waals surface area contributed by atoms with Gasteiger partial charge in [0.05, 0.1) is 11.5 Å². The number of carbonyl (C=O) groups excluding carboxylic acids is 1. The Balaban J connectivity index is 2.66. The molecule has 0 aliphatic heterocycles. The lowest BCUT2D eigenvalue weighted by Crippen LogP contribution is -2.22. The van der Waals surface area contributed by atoms with Crippen LogP contribution in [0.2, 0.25) is 0 Å². The maximum absolute atomic E-state index is 11.8. The van der Waals surface area contributed by atoms with E-state index < -0.39 is 0 Å². The fourth-order valence-electron chi connectivity index (χ4n) is 1.30. The number of ether oxygens (including phenoxy) is 1. The number of thiophene rings is 1. The zero-order valence-corrected chi connectivity index (χ0v) is 11.9. The summed E-state index contributed by atoms with van der Waals surface area (Å²) in [6.45, 7) is 7.20. The average Bonchev–Trinajstić information content (AvgIpc) is 2.82. The lowest BCUT2D eigenvalue weighted by atomic mass is 10.1. The second-order valence-corrected chi connectivity index (χ2v) is 5.20. The normalized spacial score (nSPS) is 11.7. The Kier molecular flexibility index (Phi) is 6.43. The number of nitrogens with zero attached hydrogens (tertiary/aromatic N) is 1. The Morgan fingerprint density at radius 3 is 2.89 bits per heavy atom. The molecule has 0 spiro atoms. The van der Waals surface area contributed by atoms with E-state index in [1.807, 2.05) is 17.5 Å². The van der Waals surface area contributed by atoms with E-state index in [9.17, 15) is 4.79 Å². The lowest BCUT2D eigenvalue weighted by molar-refractivity contribution is -0.134. The standard InChI is InChI=1S/C13H20N2O2S/c1-4-17-13(16)12(11-6-5-9-18-11)15-14-8-7-10(2)3/h5-6,9-10,14H,4,7-8H2,1-3H3/b15-12-. The molecule has 1 rings (SSSR count). The highest BCUT2D eigenvalue weighted by atomic mass is 32.1. The third-order valence-corrected chi connectivity index (χ3v) is 3.12. The van der Waals surface area contributed by atoms with Gasteiger partial charge in [-0.3, -0.25) is 0 Å². The van der Waals surface area contributed by atoms with E-state index in [4.69, 9.17) is 4.74 Å². The second kappa shape index (κ2) is 7.87. The van der Waals surface area contributed by atoms with Crippen molar-refractivity contribution in [2.45, 2.75) is 27.2 Å². The SMILES string of the molecule is CCOC(=O)/C(=N\NCCC(C)C)c1cccs1. The molecule has 1 aromatic heterocycles. The molecule has 0 fully saturated rings. The van der Waals surface area contributed by atoms with Gasteiger partial charge in [0.15, 0.2) is 5.71 Å². The Hall–Kier alpha value is -1.36. The van der Waals surface area contributed by atoms with Crippen molar-refractivity contribution < 1.29 is 9.53 Å². The van der Waals surface area contributed by atoms with Crippen molar-refractivity contribution in [3.63, 3.8) is 0 Å². The van der Waals surface area contributed by atoms with Crippen molar-refractivity contribution in [2.24, 2.45) is 11.0 Å². The molecule has 0 bridgehead atoms. The van der Waals surface area contributed by atoms with Crippen LogP contribution in [-0.4, -0.2) is 24.8 Å². The molecular weight excluding hydrogens is 248 g/mol. The van der Waals surface area contributed by atoms with Crippen LogP contribution >= 0.6 is 11.3 Å². The largest absolute Gasteiger partial charge is 0.461 e. The monoisotopic (exact) mass is 268 g/mol. The van der Waals surface area contributed by atoms with E-state index in [-0.39, 0.29) is 5.97 Å². The molecule has 0 amide bonds. The molecule has 1 aromatic rings. The number of hydrogen-bond acceptors (Lipinski definition) is 5. The summed E-state index contributed by atoms with van der Waals surface area (Å²) in [5.41, 5.74) is 3.30. The van der Waals surface area contributed by atoms with Gasteiger partial charge in [0.2, 0.25) is 0 Å². The average molecular weight is 268 g/mol. The van der Waals surface area contributed by atoms with E-state index in [1.54, 1.807) is 6.92 Å². The Bertz CT molecular complexity index is 386. The van der Waals surface area contributed by atoms with Gasteiger partial charge in [-0.25, -0.2) is 4.79 Å². The second-order valence-electron chi connectivity index (χ2n) is 4.25. The number of carbonyl (C=O) groups is 1. The van der Waals surface area contributed by atoms with Gasteiger partial charge in [-0.1, -0.05) is 19.9 Å². The van der Waals surface area contributed by atoms with Crippen molar-refractivity contribution in [3.05, 3.63) is 22.4 Å². The topological polar surface area (TPSA) is 50.7 Å². The summed E-state index contributed by atoms with van der Waals surface area (Å²) in [6.07, 6.45) is 1.02. The molecule has 5 heteroatoms. The number of hydrazone groups is 1. The number of nitrogens with one attached hydrogen (secondary N) is 1. The van der Waals surface area contributed by atoms with Crippen LogP contribution in [0.4, 0.5) is 0 Å². The van der Waals surface area contributed by atoms with Gasteiger partial charge in [0.1, 0.15) is 0 Å². The quantitative estimate of drug-likeness (QED) is 0.358. The number of esters is 1. The van der Waals surface area contributed by atoms with Crippen LogP contribution in [0.1, 0.15) is 32.1 Å². The zero-order valence-electron chi connectivity index (χ0n) is 11.1. The molecule has 0 radical (unpaired) electrons. The predicted molar refractivity (Wildman–Crippen MR) is 74.9 cm³/mol. The highest BCUT2D eigenvalue weighted by Crippen LogP contribution is 2.11. The minimum Gasteiger partial charge on any atom is -0.461 e. The molecule has 1 heterocycles. The molecule has 18 heavy (non-hydrogen) atoms. The van der Waals surface area contributed by atoms with Gasteiger partial charge in [0, 0.05) is 6.54 Å². The van der Waals surface area contributed by atoms with E-state index in [1.165, 1.54) is 11.3 Å². The van der Waals surface area contributed by atoms with Gasteiger partial charge >= 0.3 is 5.97 Å². The first-order valence-electron chi connectivity index (χ1n) is 6.16. The number of rotatable bonds is 7. The third kappa shape index (κ3) is 4.87. The van der Waals surface area contributed by atoms with Crippen molar-refractivity contribution in [1.29, 1.82) is 0 Å². The molecule has 0 saturated carbocycles. The summed E-state index contributed by atoms with van der Waals surface area (Å²) in [7, 11) is 0. The minimum atomic E-state index is -0.378. The molecule has 0 aliphatic carbocycles. The van der Waals surface area contributed by atoms with Gasteiger partial charge in [-0.05, 0) is 30.7 Å². The molecule has 0 atom stereocenters. The van der Waals surface area contributed by atoms with Crippen LogP contribution in [0, 0.1) is 5.92 Å². The van der Waals surface area contributed by atoms with E-state index >= 15 is 0 Å². The summed E-state index contributed by atoms with van der Waals surface area (Å²) >= 11 is 1.48. The van der Waals surface area contributed by atoms with Crippen LogP contribution in [-0.2, 0) is 9.53 Å². The summed E-state index contributed by atoms with van der Waals surface area (Å²) in [6, 6.07) is 3.76. The molecule has 100 valence electrons. The van der Waals surface area contributed by atoms with Gasteiger partial charge in [0.25, 0.3) is 0 Å². The number of hydrogen-bond donors (Lipinski definition) is 1. The summed E-state index contributed by atoms with van der Waals surface area (Å²) < 4.78 is 5.00. The first kappa shape index (κ1) is 14.7. The molecule has 0 unspecified atom stereocenters. The van der Waals surface area contributed by atoms with Gasteiger partial charge in [-0.2, -0.15) is 5.10 Å². The Morgan fingerprint density at radius 2 is 2.33 bits per heavy atom. The molecule has 0 saturated heterocycles. The summed E-state index contributed by atoms with van der Waals surface area (Å²) in [5, 5.41) is 6.07. The van der Waals surface area contributed by atoms with Crippen molar-refractivity contribution in [1.82, 2.24) is 5.43 Å². The highest BCUT2D eigenvalue weighted by Gasteiger charge is 2.16. The predicted octanol–water partition coefficient (Wildman–Crippen LogP) is 2.65. The molecule has 1 N–H and O–H groups in total. The zero-order chi connectivity index (χ0) is 13.4. The molecule has 0 aliphatic rings. The minimum absolute atomic E-state index is 0.356. The molecular formula is C13H20N2O2S. The lowest BCUT2D eigenvalue weighted by Gasteiger charge is -2.06. The summed E-state index contributed by atoms with van der Waals surface area (Å²) in [4.78, 5) is 12.6. The fourth-order valence-corrected chi connectivity index (χ4v) is 2.00. The van der Waals surface area contributed by atoms with Crippen LogP contribution in [0.3, 0.4) is 0 Å². The van der Waals surface area contributed by atoms with Gasteiger partial charge < -0.3 is 10.2 Å². The molecule has 4 nitrogen and oxygen atoms in total. The highest BCUT2D eigenvalue weighted by molar-refractivity contribution is 7.13. The first-order chi connectivity index (χ1) is 8.65. The van der Waals surface area contributed by atoms with Crippen molar-refractivity contribution in [2.75, 3.05) is 13.2 Å². The fraction of sp³-hybridized carbons (Fsp3) is 0.538. The van der Waals surface area contributed by atoms with Crippen LogP contribution < -0.4 is 5.43 Å². The van der Waals surface area contributed by atoms with Crippen LogP contribution in [0.25, 0.3) is 0 Å². The first-order valence-corrected chi connectivity index (χ1v) is 7.04. The van der Waals surface area contributed by atoms with Gasteiger partial charge in [-0.15, -0.1) is 11.3 Å². The Labute approximate surface area is 112 Å². The van der Waals surface area contributed by atoms with Crippen molar-refractivity contribution in [3.8, 4) is 0 Å². The van der Waals surface area contributed by atoms with Crippen molar-refractivity contribution >= 4 is 23.0 Å². The van der Waals surface area contributed by atoms with Crippen LogP contribution in [0.5, 0.6) is 0 Å². The van der Waals surface area contributed by atoms with E-state index in [2.05, 4.69) is 24.4 Å². The summed E-state index contributed by atoms with van der Waals surface area (Å²) in [5.74, 6) is 0.234. The molecule has 0 aromatic carbocycles. The van der Waals surface area contributed by atoms with Crippen LogP contribution in [0.15, 0.2) is 22.6 Å². The maximum Gasteiger partial charge on any atom is 0.360 e. The Morgan fingerprint density at radius 1 is 1.56 bits per heavy atom. The van der Waals surface area contributed by atoms with E-state index in [0.717, 1.165) is 17.8 Å². The maximum atomic E-state index is 11.8. The van der Waals surface area contributed by atoms with E-state index in [0.29, 0.717) is 18.2 Å². The third-order valence-electron chi connectivity index (χ3n) is 2.25. The smallest absolute Gasteiger partial charge is 0.360 e.